The van der Waals surface area contributed by atoms with E-state index in [1.165, 1.54) is 12.1 Å². The van der Waals surface area contributed by atoms with Gasteiger partial charge in [0.2, 0.25) is 0 Å². The van der Waals surface area contributed by atoms with Gasteiger partial charge in [-0.1, -0.05) is 24.3 Å². The molecule has 0 saturated carbocycles. The lowest BCUT2D eigenvalue weighted by Gasteiger charge is -2.10. The fourth-order valence-electron chi connectivity index (χ4n) is 2.38. The third kappa shape index (κ3) is 2.88. The third-order valence-corrected chi connectivity index (χ3v) is 3.49. The highest BCUT2D eigenvalue weighted by Crippen LogP contribution is 2.33. The molecule has 3 rings (SSSR count). The number of alkyl halides is 3. The van der Waals surface area contributed by atoms with Gasteiger partial charge in [0.25, 0.3) is 0 Å². The summed E-state index contributed by atoms with van der Waals surface area (Å²) in [6, 6.07) is 11.5. The van der Waals surface area contributed by atoms with E-state index in [9.17, 15) is 18.0 Å². The first kappa shape index (κ1) is 15.0. The summed E-state index contributed by atoms with van der Waals surface area (Å²) in [6.45, 7) is 0. The Hall–Kier alpha value is -2.89. The minimum absolute atomic E-state index is 0.0666. The van der Waals surface area contributed by atoms with Crippen molar-refractivity contribution in [3.63, 3.8) is 0 Å². The summed E-state index contributed by atoms with van der Waals surface area (Å²) in [5.74, 6) is -1.10. The number of halogens is 3. The summed E-state index contributed by atoms with van der Waals surface area (Å²) < 4.78 is 38.6. The number of aromatic nitrogens is 1. The molecule has 3 nitrogen and oxygen atoms in total. The van der Waals surface area contributed by atoms with Crippen molar-refractivity contribution in [1.82, 2.24) is 4.98 Å². The molecule has 0 fully saturated rings. The molecule has 0 aliphatic carbocycles. The lowest BCUT2D eigenvalue weighted by Crippen LogP contribution is -2.05. The number of carbonyl (C=O) groups is 1. The van der Waals surface area contributed by atoms with Crippen LogP contribution in [0.2, 0.25) is 0 Å². The van der Waals surface area contributed by atoms with Gasteiger partial charge in [-0.25, -0.2) is 4.79 Å². The molecule has 1 aromatic heterocycles. The molecule has 0 aliphatic rings. The zero-order chi connectivity index (χ0) is 16.6. The SMILES string of the molecule is O=C(O)c1ccc2cccc(-c3cc(C(F)(F)F)ccn3)c2c1. The van der Waals surface area contributed by atoms with Crippen molar-refractivity contribution in [2.75, 3.05) is 0 Å². The van der Waals surface area contributed by atoms with Crippen LogP contribution in [0.15, 0.2) is 54.7 Å². The van der Waals surface area contributed by atoms with Gasteiger partial charge in [0.1, 0.15) is 0 Å². The highest BCUT2D eigenvalue weighted by Gasteiger charge is 2.30. The van der Waals surface area contributed by atoms with Crippen LogP contribution < -0.4 is 0 Å². The molecule has 23 heavy (non-hydrogen) atoms. The van der Waals surface area contributed by atoms with E-state index < -0.39 is 17.7 Å². The monoisotopic (exact) mass is 317 g/mol. The Morgan fingerprint density at radius 1 is 1.04 bits per heavy atom. The predicted molar refractivity (Wildman–Crippen MR) is 79.1 cm³/mol. The highest BCUT2D eigenvalue weighted by molar-refractivity contribution is 6.00. The van der Waals surface area contributed by atoms with E-state index in [0.29, 0.717) is 10.9 Å². The fourth-order valence-corrected chi connectivity index (χ4v) is 2.38. The smallest absolute Gasteiger partial charge is 0.416 e. The second-order valence-corrected chi connectivity index (χ2v) is 4.97. The Bertz CT molecular complexity index is 904. The molecule has 0 bridgehead atoms. The van der Waals surface area contributed by atoms with Gasteiger partial charge in [-0.3, -0.25) is 4.98 Å². The molecule has 0 aliphatic heterocycles. The number of pyridine rings is 1. The van der Waals surface area contributed by atoms with E-state index in [4.69, 9.17) is 5.11 Å². The average Bonchev–Trinajstić information content (AvgIpc) is 2.53. The van der Waals surface area contributed by atoms with Gasteiger partial charge in [0, 0.05) is 11.8 Å². The van der Waals surface area contributed by atoms with Gasteiger partial charge in [-0.05, 0) is 35.0 Å². The minimum Gasteiger partial charge on any atom is -0.478 e. The Kier molecular flexibility index (Phi) is 3.52. The molecule has 1 heterocycles. The molecule has 6 heteroatoms. The Balaban J connectivity index is 2.24. The molecule has 0 atom stereocenters. The Morgan fingerprint density at radius 2 is 1.83 bits per heavy atom. The van der Waals surface area contributed by atoms with Crippen molar-refractivity contribution in [2.24, 2.45) is 0 Å². The first-order valence-electron chi connectivity index (χ1n) is 6.66. The van der Waals surface area contributed by atoms with Crippen LogP contribution >= 0.6 is 0 Å². The zero-order valence-corrected chi connectivity index (χ0v) is 11.6. The molecule has 0 saturated heterocycles. The Labute approximate surface area is 129 Å². The zero-order valence-electron chi connectivity index (χ0n) is 11.6. The van der Waals surface area contributed by atoms with Gasteiger partial charge < -0.3 is 5.11 Å². The molecule has 3 aromatic rings. The number of nitrogens with zero attached hydrogens (tertiary/aromatic N) is 1. The summed E-state index contributed by atoms with van der Waals surface area (Å²) in [5, 5.41) is 10.4. The first-order chi connectivity index (χ1) is 10.9. The van der Waals surface area contributed by atoms with Gasteiger partial charge >= 0.3 is 12.1 Å². The number of benzene rings is 2. The maximum Gasteiger partial charge on any atom is 0.416 e. The van der Waals surface area contributed by atoms with Crippen LogP contribution in [0, 0.1) is 0 Å². The van der Waals surface area contributed by atoms with Crippen molar-refractivity contribution in [3.05, 3.63) is 65.9 Å². The largest absolute Gasteiger partial charge is 0.478 e. The number of carboxylic acid groups (broad SMARTS) is 1. The van der Waals surface area contributed by atoms with Gasteiger partial charge in [-0.15, -0.1) is 0 Å². The molecule has 0 radical (unpaired) electrons. The normalized spacial score (nSPS) is 11.6. The first-order valence-corrected chi connectivity index (χ1v) is 6.66. The van der Waals surface area contributed by atoms with Gasteiger partial charge in [0.05, 0.1) is 16.8 Å². The van der Waals surface area contributed by atoms with Crippen molar-refractivity contribution < 1.29 is 23.1 Å². The van der Waals surface area contributed by atoms with Gasteiger partial charge in [-0.2, -0.15) is 13.2 Å². The van der Waals surface area contributed by atoms with E-state index in [1.807, 2.05) is 0 Å². The molecular formula is C17H10F3NO2. The molecule has 0 unspecified atom stereocenters. The maximum atomic E-state index is 12.9. The number of carboxylic acids is 1. The van der Waals surface area contributed by atoms with Crippen molar-refractivity contribution in [3.8, 4) is 11.3 Å². The number of aromatic carboxylic acids is 1. The predicted octanol–water partition coefficient (Wildman–Crippen LogP) is 4.62. The van der Waals surface area contributed by atoms with Crippen molar-refractivity contribution >= 4 is 16.7 Å². The van der Waals surface area contributed by atoms with E-state index in [-0.39, 0.29) is 11.3 Å². The number of rotatable bonds is 2. The Morgan fingerprint density at radius 3 is 2.52 bits per heavy atom. The molecule has 0 spiro atoms. The van der Waals surface area contributed by atoms with E-state index in [0.717, 1.165) is 23.7 Å². The van der Waals surface area contributed by atoms with Crippen LogP contribution in [0.5, 0.6) is 0 Å². The lowest BCUT2D eigenvalue weighted by molar-refractivity contribution is -0.137. The van der Waals surface area contributed by atoms with Crippen molar-refractivity contribution in [1.29, 1.82) is 0 Å². The summed E-state index contributed by atoms with van der Waals surface area (Å²) >= 11 is 0. The van der Waals surface area contributed by atoms with Crippen molar-refractivity contribution in [2.45, 2.75) is 6.18 Å². The summed E-state index contributed by atoms with van der Waals surface area (Å²) in [4.78, 5) is 15.1. The summed E-state index contributed by atoms with van der Waals surface area (Å²) in [7, 11) is 0. The van der Waals surface area contributed by atoms with Crippen LogP contribution in [0.25, 0.3) is 22.0 Å². The van der Waals surface area contributed by atoms with Crippen LogP contribution in [0.3, 0.4) is 0 Å². The van der Waals surface area contributed by atoms with E-state index >= 15 is 0 Å². The second-order valence-electron chi connectivity index (χ2n) is 4.97. The van der Waals surface area contributed by atoms with E-state index in [2.05, 4.69) is 4.98 Å². The fraction of sp³-hybridized carbons (Fsp3) is 0.0588. The van der Waals surface area contributed by atoms with Crippen LogP contribution in [0.1, 0.15) is 15.9 Å². The highest BCUT2D eigenvalue weighted by atomic mass is 19.4. The summed E-state index contributed by atoms with van der Waals surface area (Å²) in [6.07, 6.45) is -3.37. The summed E-state index contributed by atoms with van der Waals surface area (Å²) in [5.41, 5.74) is -0.129. The average molecular weight is 317 g/mol. The van der Waals surface area contributed by atoms with Gasteiger partial charge in [0.15, 0.2) is 0 Å². The standard InChI is InChI=1S/C17H10F3NO2/c18-17(19,20)12-6-7-21-15(9-12)13-3-1-2-10-4-5-11(16(22)23)8-14(10)13/h1-9H,(H,22,23). The van der Waals surface area contributed by atoms with Crippen LogP contribution in [-0.2, 0) is 6.18 Å². The number of hydrogen-bond acceptors (Lipinski definition) is 2. The molecule has 116 valence electrons. The second kappa shape index (κ2) is 5.39. The maximum absolute atomic E-state index is 12.9. The number of hydrogen-bond donors (Lipinski definition) is 1. The number of fused-ring (bicyclic) bond motifs is 1. The third-order valence-electron chi connectivity index (χ3n) is 3.49. The molecule has 0 amide bonds. The quantitative estimate of drug-likeness (QED) is 0.750. The molecular weight excluding hydrogens is 307 g/mol. The van der Waals surface area contributed by atoms with Crippen LogP contribution in [-0.4, -0.2) is 16.1 Å². The van der Waals surface area contributed by atoms with E-state index in [1.54, 1.807) is 24.3 Å². The van der Waals surface area contributed by atoms with Crippen LogP contribution in [0.4, 0.5) is 13.2 Å². The lowest BCUT2D eigenvalue weighted by atomic mass is 9.99. The molecule has 1 N–H and O–H groups in total. The minimum atomic E-state index is -4.46. The molecule has 2 aromatic carbocycles. The topological polar surface area (TPSA) is 50.2 Å².